The van der Waals surface area contributed by atoms with Gasteiger partial charge in [-0.15, -0.1) is 0 Å². The lowest BCUT2D eigenvalue weighted by molar-refractivity contribution is -0.121. The molecule has 1 aromatic carbocycles. The normalized spacial score (nSPS) is 11.4. The van der Waals surface area contributed by atoms with Crippen LogP contribution in [0.3, 0.4) is 0 Å². The van der Waals surface area contributed by atoms with E-state index in [2.05, 4.69) is 37.9 Å². The number of halogens is 1. The van der Waals surface area contributed by atoms with Crippen LogP contribution in [0.4, 0.5) is 4.39 Å². The number of hydrogen-bond acceptors (Lipinski definition) is 2. The molecule has 0 aliphatic carbocycles. The topological polar surface area (TPSA) is 32.3 Å². The maximum Gasteiger partial charge on any atom is 0.220 e. The highest BCUT2D eigenvalue weighted by atomic mass is 19.1. The summed E-state index contributed by atoms with van der Waals surface area (Å²) in [6.07, 6.45) is 0.967. The first-order valence-corrected chi connectivity index (χ1v) is 7.67. The molecule has 0 atom stereocenters. The zero-order valence-corrected chi connectivity index (χ0v) is 13.5. The number of nitrogens with zero attached hydrogens (tertiary/aromatic N) is 1. The van der Waals surface area contributed by atoms with E-state index in [1.807, 2.05) is 6.07 Å². The fourth-order valence-electron chi connectivity index (χ4n) is 2.48. The van der Waals surface area contributed by atoms with Crippen LogP contribution in [-0.2, 0) is 11.2 Å². The maximum atomic E-state index is 13.0. The first-order chi connectivity index (χ1) is 9.90. The maximum absolute atomic E-state index is 13.0. The molecule has 0 aromatic heterocycles. The zero-order chi connectivity index (χ0) is 15.8. The fourth-order valence-corrected chi connectivity index (χ4v) is 2.48. The third kappa shape index (κ3) is 6.71. The average molecular weight is 294 g/mol. The van der Waals surface area contributed by atoms with Gasteiger partial charge in [0.15, 0.2) is 0 Å². The van der Waals surface area contributed by atoms with Gasteiger partial charge in [-0.2, -0.15) is 0 Å². The van der Waals surface area contributed by atoms with Crippen molar-refractivity contribution in [1.82, 2.24) is 10.2 Å². The van der Waals surface area contributed by atoms with Crippen LogP contribution in [0.25, 0.3) is 0 Å². The molecule has 0 radical (unpaired) electrons. The van der Waals surface area contributed by atoms with E-state index in [1.165, 1.54) is 12.1 Å². The Morgan fingerprint density at radius 2 is 1.90 bits per heavy atom. The highest BCUT2D eigenvalue weighted by molar-refractivity contribution is 5.76. The molecule has 0 unspecified atom stereocenters. The number of aryl methyl sites for hydroxylation is 1. The van der Waals surface area contributed by atoms with E-state index in [0.717, 1.165) is 12.1 Å². The van der Waals surface area contributed by atoms with Crippen molar-refractivity contribution in [3.63, 3.8) is 0 Å². The van der Waals surface area contributed by atoms with E-state index in [4.69, 9.17) is 0 Å². The van der Waals surface area contributed by atoms with Crippen molar-refractivity contribution in [2.75, 3.05) is 13.1 Å². The van der Waals surface area contributed by atoms with Crippen LogP contribution in [0.1, 0.15) is 39.7 Å². The lowest BCUT2D eigenvalue weighted by atomic mass is 10.1. The van der Waals surface area contributed by atoms with E-state index < -0.39 is 0 Å². The Bertz CT molecular complexity index is 438. The number of nitrogens with one attached hydrogen (secondary N) is 1. The number of hydrogen-bond donors (Lipinski definition) is 1. The second-order valence-electron chi connectivity index (χ2n) is 5.91. The lowest BCUT2D eigenvalue weighted by Crippen LogP contribution is -2.42. The fraction of sp³-hybridized carbons (Fsp3) is 0.588. The Morgan fingerprint density at radius 1 is 1.24 bits per heavy atom. The van der Waals surface area contributed by atoms with Gasteiger partial charge in [0.05, 0.1) is 0 Å². The molecule has 1 N–H and O–H groups in total. The van der Waals surface area contributed by atoms with Crippen molar-refractivity contribution in [2.24, 2.45) is 0 Å². The first-order valence-electron chi connectivity index (χ1n) is 7.67. The molecule has 0 saturated heterocycles. The smallest absolute Gasteiger partial charge is 0.220 e. The molecule has 0 aliphatic heterocycles. The molecule has 0 heterocycles. The number of benzene rings is 1. The summed E-state index contributed by atoms with van der Waals surface area (Å²) in [5.74, 6) is -0.232. The second kappa shape index (κ2) is 8.78. The van der Waals surface area contributed by atoms with Crippen LogP contribution in [0.2, 0.25) is 0 Å². The highest BCUT2D eigenvalue weighted by Gasteiger charge is 2.13. The summed E-state index contributed by atoms with van der Waals surface area (Å²) in [5, 5.41) is 2.93. The number of carbonyl (C=O) groups excluding carboxylic acids is 1. The standard InChI is InChI=1S/C17H27FN2O/c1-13(2)20(14(3)4)11-10-19-17(21)9-8-15-6-5-7-16(18)12-15/h5-7,12-14H,8-11H2,1-4H3,(H,19,21). The first kappa shape index (κ1) is 17.6. The predicted octanol–water partition coefficient (Wildman–Crippen LogP) is 2.99. The quantitative estimate of drug-likeness (QED) is 0.799. The zero-order valence-electron chi connectivity index (χ0n) is 13.5. The van der Waals surface area contributed by atoms with E-state index in [0.29, 0.717) is 31.5 Å². The molecule has 4 heteroatoms. The predicted molar refractivity (Wildman–Crippen MR) is 84.7 cm³/mol. The Labute approximate surface area is 127 Å². The van der Waals surface area contributed by atoms with Gasteiger partial charge in [0.2, 0.25) is 5.91 Å². The number of carbonyl (C=O) groups is 1. The highest BCUT2D eigenvalue weighted by Crippen LogP contribution is 2.06. The summed E-state index contributed by atoms with van der Waals surface area (Å²) in [4.78, 5) is 14.1. The molecule has 21 heavy (non-hydrogen) atoms. The van der Waals surface area contributed by atoms with Crippen LogP contribution in [0, 0.1) is 5.82 Å². The van der Waals surface area contributed by atoms with Gasteiger partial charge in [0, 0.05) is 31.6 Å². The Hall–Kier alpha value is -1.42. The van der Waals surface area contributed by atoms with E-state index in [-0.39, 0.29) is 11.7 Å². The number of rotatable bonds is 8. The summed E-state index contributed by atoms with van der Waals surface area (Å²) in [7, 11) is 0. The van der Waals surface area contributed by atoms with Gasteiger partial charge in [-0.25, -0.2) is 4.39 Å². The Balaban J connectivity index is 2.28. The molecule has 1 rings (SSSR count). The summed E-state index contributed by atoms with van der Waals surface area (Å²) in [6, 6.07) is 7.34. The van der Waals surface area contributed by atoms with Gasteiger partial charge in [-0.3, -0.25) is 9.69 Å². The van der Waals surface area contributed by atoms with Crippen LogP contribution in [0.5, 0.6) is 0 Å². The van der Waals surface area contributed by atoms with Crippen LogP contribution < -0.4 is 5.32 Å². The molecule has 3 nitrogen and oxygen atoms in total. The molecule has 1 amide bonds. The van der Waals surface area contributed by atoms with E-state index in [1.54, 1.807) is 6.07 Å². The molecule has 1 aromatic rings. The van der Waals surface area contributed by atoms with Crippen molar-refractivity contribution >= 4 is 5.91 Å². The summed E-state index contributed by atoms with van der Waals surface area (Å²) < 4.78 is 13.0. The molecule has 0 fully saturated rings. The van der Waals surface area contributed by atoms with Crippen molar-refractivity contribution in [2.45, 2.75) is 52.6 Å². The molecule has 0 saturated carbocycles. The second-order valence-corrected chi connectivity index (χ2v) is 5.91. The van der Waals surface area contributed by atoms with Gasteiger partial charge < -0.3 is 5.32 Å². The van der Waals surface area contributed by atoms with Crippen molar-refractivity contribution in [1.29, 1.82) is 0 Å². The lowest BCUT2D eigenvalue weighted by Gasteiger charge is -2.30. The van der Waals surface area contributed by atoms with Gasteiger partial charge in [-0.1, -0.05) is 12.1 Å². The Kier molecular flexibility index (Phi) is 7.37. The molecular weight excluding hydrogens is 267 g/mol. The minimum atomic E-state index is -0.252. The summed E-state index contributed by atoms with van der Waals surface area (Å²) in [5.41, 5.74) is 0.858. The van der Waals surface area contributed by atoms with Gasteiger partial charge in [-0.05, 0) is 51.8 Å². The van der Waals surface area contributed by atoms with Crippen LogP contribution >= 0.6 is 0 Å². The average Bonchev–Trinajstić information content (AvgIpc) is 2.40. The number of amides is 1. The van der Waals surface area contributed by atoms with Crippen LogP contribution in [0.15, 0.2) is 24.3 Å². The third-order valence-corrected chi connectivity index (χ3v) is 3.55. The molecular formula is C17H27FN2O. The van der Waals surface area contributed by atoms with Gasteiger partial charge >= 0.3 is 0 Å². The monoisotopic (exact) mass is 294 g/mol. The van der Waals surface area contributed by atoms with Crippen molar-refractivity contribution in [3.05, 3.63) is 35.6 Å². The van der Waals surface area contributed by atoms with Crippen molar-refractivity contribution in [3.8, 4) is 0 Å². The molecule has 118 valence electrons. The van der Waals surface area contributed by atoms with Crippen LogP contribution in [-0.4, -0.2) is 36.0 Å². The minimum Gasteiger partial charge on any atom is -0.355 e. The molecule has 0 aliphatic rings. The Morgan fingerprint density at radius 3 is 2.48 bits per heavy atom. The molecule has 0 bridgehead atoms. The van der Waals surface area contributed by atoms with Gasteiger partial charge in [0.25, 0.3) is 0 Å². The third-order valence-electron chi connectivity index (χ3n) is 3.55. The summed E-state index contributed by atoms with van der Waals surface area (Å²) in [6.45, 7) is 10.1. The minimum absolute atomic E-state index is 0.0201. The molecule has 0 spiro atoms. The summed E-state index contributed by atoms with van der Waals surface area (Å²) >= 11 is 0. The van der Waals surface area contributed by atoms with Crippen molar-refractivity contribution < 1.29 is 9.18 Å². The van der Waals surface area contributed by atoms with E-state index >= 15 is 0 Å². The van der Waals surface area contributed by atoms with Gasteiger partial charge in [0.1, 0.15) is 5.82 Å². The van der Waals surface area contributed by atoms with E-state index in [9.17, 15) is 9.18 Å². The largest absolute Gasteiger partial charge is 0.355 e. The SMILES string of the molecule is CC(C)N(CCNC(=O)CCc1cccc(F)c1)C(C)C.